The second-order valence-electron chi connectivity index (χ2n) is 9.51. The van der Waals surface area contributed by atoms with E-state index in [0.717, 1.165) is 36.7 Å². The molecule has 0 bridgehead atoms. The van der Waals surface area contributed by atoms with Gasteiger partial charge in [0.15, 0.2) is 0 Å². The summed E-state index contributed by atoms with van der Waals surface area (Å²) in [6, 6.07) is 16.8. The van der Waals surface area contributed by atoms with Crippen molar-refractivity contribution in [2.24, 2.45) is 5.92 Å². The minimum Gasteiger partial charge on any atom is -0.371 e. The van der Waals surface area contributed by atoms with E-state index in [9.17, 15) is 4.79 Å². The van der Waals surface area contributed by atoms with Crippen molar-refractivity contribution >= 4 is 11.6 Å². The monoisotopic (exact) mass is 419 g/mol. The first-order valence-corrected chi connectivity index (χ1v) is 12.1. The van der Waals surface area contributed by atoms with E-state index in [1.807, 2.05) is 12.1 Å². The van der Waals surface area contributed by atoms with Crippen LogP contribution in [0.15, 0.2) is 48.5 Å². The number of nitrogens with zero attached hydrogens (tertiary/aromatic N) is 2. The first kappa shape index (κ1) is 21.9. The molecule has 0 spiro atoms. The number of carbonyl (C=O) groups excluding carboxylic acids is 1. The fourth-order valence-corrected chi connectivity index (χ4v) is 4.90. The molecule has 0 saturated carbocycles. The number of carbonyl (C=O) groups is 1. The van der Waals surface area contributed by atoms with Gasteiger partial charge >= 0.3 is 0 Å². The van der Waals surface area contributed by atoms with Crippen molar-refractivity contribution in [3.8, 4) is 0 Å². The molecule has 0 aromatic heterocycles. The zero-order valence-electron chi connectivity index (χ0n) is 19.1. The molecule has 2 saturated heterocycles. The van der Waals surface area contributed by atoms with Gasteiger partial charge in [0.25, 0.3) is 5.91 Å². The Hall–Kier alpha value is -2.33. The Kier molecular flexibility index (Phi) is 7.29. The van der Waals surface area contributed by atoms with Crippen LogP contribution in [0.3, 0.4) is 0 Å². The van der Waals surface area contributed by atoms with Gasteiger partial charge in [-0.05, 0) is 87.0 Å². The quantitative estimate of drug-likeness (QED) is 0.681. The van der Waals surface area contributed by atoms with Crippen LogP contribution in [0.4, 0.5) is 5.69 Å². The van der Waals surface area contributed by atoms with Crippen LogP contribution in [0.2, 0.25) is 0 Å². The second-order valence-corrected chi connectivity index (χ2v) is 9.51. The summed E-state index contributed by atoms with van der Waals surface area (Å²) in [5.74, 6) is 0.754. The molecular formula is C27H37N3O. The minimum absolute atomic E-state index is 0.00838. The molecule has 4 nitrogen and oxygen atoms in total. The molecule has 2 aliphatic rings. The van der Waals surface area contributed by atoms with Crippen LogP contribution in [0, 0.1) is 5.92 Å². The average Bonchev–Trinajstić information content (AvgIpc) is 2.80. The lowest BCUT2D eigenvalue weighted by Crippen LogP contribution is -2.34. The Morgan fingerprint density at radius 3 is 2.35 bits per heavy atom. The van der Waals surface area contributed by atoms with E-state index in [1.54, 1.807) is 0 Å². The Bertz CT molecular complexity index is 840. The highest BCUT2D eigenvalue weighted by Crippen LogP contribution is 2.25. The van der Waals surface area contributed by atoms with E-state index in [4.69, 9.17) is 0 Å². The summed E-state index contributed by atoms with van der Waals surface area (Å²) in [6.07, 6.45) is 6.56. The maximum Gasteiger partial charge on any atom is 0.251 e. The first-order chi connectivity index (χ1) is 15.1. The van der Waals surface area contributed by atoms with Crippen LogP contribution >= 0.6 is 0 Å². The van der Waals surface area contributed by atoms with E-state index < -0.39 is 0 Å². The van der Waals surface area contributed by atoms with Crippen LogP contribution in [-0.4, -0.2) is 37.0 Å². The highest BCUT2D eigenvalue weighted by atomic mass is 16.1. The zero-order valence-corrected chi connectivity index (χ0v) is 19.1. The van der Waals surface area contributed by atoms with E-state index in [-0.39, 0.29) is 11.9 Å². The lowest BCUT2D eigenvalue weighted by atomic mass is 9.99. The third-order valence-electron chi connectivity index (χ3n) is 6.83. The number of benzene rings is 2. The SMILES string of the molecule is C[C@H]1CCCN(c2ccc([C@H](C)NC(=O)c3ccc(CN4CCCCC4)cc3)cc2)C1. The smallest absolute Gasteiger partial charge is 0.251 e. The Labute approximate surface area is 187 Å². The van der Waals surface area contributed by atoms with Gasteiger partial charge in [0.2, 0.25) is 0 Å². The number of hydrogen-bond acceptors (Lipinski definition) is 3. The van der Waals surface area contributed by atoms with E-state index in [0.29, 0.717) is 0 Å². The summed E-state index contributed by atoms with van der Waals surface area (Å²) >= 11 is 0. The van der Waals surface area contributed by atoms with Gasteiger partial charge in [0.05, 0.1) is 6.04 Å². The Morgan fingerprint density at radius 2 is 1.68 bits per heavy atom. The predicted molar refractivity (Wildman–Crippen MR) is 129 cm³/mol. The van der Waals surface area contributed by atoms with Gasteiger partial charge in [-0.15, -0.1) is 0 Å². The molecule has 0 aliphatic carbocycles. The number of anilines is 1. The summed E-state index contributed by atoms with van der Waals surface area (Å²) < 4.78 is 0. The van der Waals surface area contributed by atoms with Crippen LogP contribution in [0.25, 0.3) is 0 Å². The lowest BCUT2D eigenvalue weighted by Gasteiger charge is -2.33. The first-order valence-electron chi connectivity index (χ1n) is 12.1. The van der Waals surface area contributed by atoms with Crippen LogP contribution in [-0.2, 0) is 6.54 Å². The van der Waals surface area contributed by atoms with Gasteiger partial charge in [-0.2, -0.15) is 0 Å². The molecule has 1 N–H and O–H groups in total. The van der Waals surface area contributed by atoms with Crippen LogP contribution < -0.4 is 10.2 Å². The average molecular weight is 420 g/mol. The van der Waals surface area contributed by atoms with Crippen molar-refractivity contribution in [1.29, 1.82) is 0 Å². The summed E-state index contributed by atoms with van der Waals surface area (Å²) in [6.45, 7) is 10.0. The molecule has 0 unspecified atom stereocenters. The number of piperidine rings is 2. The Morgan fingerprint density at radius 1 is 0.968 bits per heavy atom. The van der Waals surface area contributed by atoms with Gasteiger partial charge in [0, 0.05) is 30.9 Å². The Balaban J connectivity index is 1.31. The molecule has 2 fully saturated rings. The van der Waals surface area contributed by atoms with Crippen LogP contribution in [0.5, 0.6) is 0 Å². The van der Waals surface area contributed by atoms with Crippen molar-refractivity contribution in [3.63, 3.8) is 0 Å². The lowest BCUT2D eigenvalue weighted by molar-refractivity contribution is 0.0940. The molecule has 0 radical (unpaired) electrons. The predicted octanol–water partition coefficient (Wildman–Crippen LogP) is 5.40. The molecule has 2 heterocycles. The van der Waals surface area contributed by atoms with Gasteiger partial charge in [-0.25, -0.2) is 0 Å². The van der Waals surface area contributed by atoms with E-state index in [1.165, 1.54) is 56.4 Å². The molecular weight excluding hydrogens is 382 g/mol. The van der Waals surface area contributed by atoms with Gasteiger partial charge in [-0.1, -0.05) is 37.6 Å². The maximum atomic E-state index is 12.8. The zero-order chi connectivity index (χ0) is 21.6. The van der Waals surface area contributed by atoms with Crippen molar-refractivity contribution in [3.05, 3.63) is 65.2 Å². The van der Waals surface area contributed by atoms with Gasteiger partial charge in [-0.3, -0.25) is 9.69 Å². The summed E-state index contributed by atoms with van der Waals surface area (Å²) in [4.78, 5) is 17.7. The number of likely N-dealkylation sites (tertiary alicyclic amines) is 1. The highest BCUT2D eigenvalue weighted by Gasteiger charge is 2.17. The third-order valence-corrected chi connectivity index (χ3v) is 6.83. The second kappa shape index (κ2) is 10.3. The molecule has 2 aliphatic heterocycles. The topological polar surface area (TPSA) is 35.6 Å². The fourth-order valence-electron chi connectivity index (χ4n) is 4.90. The highest BCUT2D eigenvalue weighted by molar-refractivity contribution is 5.94. The largest absolute Gasteiger partial charge is 0.371 e. The molecule has 1 amide bonds. The molecule has 2 atom stereocenters. The molecule has 4 heteroatoms. The summed E-state index contributed by atoms with van der Waals surface area (Å²) in [5, 5.41) is 3.16. The van der Waals surface area contributed by atoms with Gasteiger partial charge in [0.1, 0.15) is 0 Å². The standard InChI is InChI=1S/C27H37N3O/c1-21-7-6-18-30(19-21)26-14-12-24(13-15-26)22(2)28-27(31)25-10-8-23(9-11-25)20-29-16-4-3-5-17-29/h8-15,21-22H,3-7,16-20H2,1-2H3,(H,28,31)/t21-,22-/m0/s1. The number of nitrogens with one attached hydrogen (secondary N) is 1. The number of amides is 1. The molecule has 2 aromatic carbocycles. The molecule has 4 rings (SSSR count). The van der Waals surface area contributed by atoms with Crippen molar-refractivity contribution in [2.45, 2.75) is 58.5 Å². The summed E-state index contributed by atoms with van der Waals surface area (Å²) in [7, 11) is 0. The fraction of sp³-hybridized carbons (Fsp3) is 0.519. The van der Waals surface area contributed by atoms with Crippen LogP contribution in [0.1, 0.15) is 73.5 Å². The third kappa shape index (κ3) is 5.88. The van der Waals surface area contributed by atoms with Crippen molar-refractivity contribution in [2.75, 3.05) is 31.1 Å². The molecule has 31 heavy (non-hydrogen) atoms. The van der Waals surface area contributed by atoms with Crippen molar-refractivity contribution < 1.29 is 4.79 Å². The summed E-state index contributed by atoms with van der Waals surface area (Å²) in [5.41, 5.74) is 4.45. The molecule has 166 valence electrons. The number of rotatable bonds is 6. The maximum absolute atomic E-state index is 12.8. The molecule has 2 aromatic rings. The van der Waals surface area contributed by atoms with E-state index >= 15 is 0 Å². The van der Waals surface area contributed by atoms with Gasteiger partial charge < -0.3 is 10.2 Å². The minimum atomic E-state index is -0.0187. The van der Waals surface area contributed by atoms with Crippen molar-refractivity contribution in [1.82, 2.24) is 10.2 Å². The van der Waals surface area contributed by atoms with E-state index in [2.05, 4.69) is 65.4 Å². The number of hydrogen-bond donors (Lipinski definition) is 1. The normalized spacial score (nSPS) is 21.0.